The predicted octanol–water partition coefficient (Wildman–Crippen LogP) is 7.24. The van der Waals surface area contributed by atoms with E-state index >= 15 is 0 Å². The van der Waals surface area contributed by atoms with Gasteiger partial charge in [0.1, 0.15) is 0 Å². The van der Waals surface area contributed by atoms with Crippen LogP contribution in [-0.4, -0.2) is 19.9 Å². The first-order valence-corrected chi connectivity index (χ1v) is 12.0. The van der Waals surface area contributed by atoms with Crippen LogP contribution in [0.3, 0.4) is 0 Å². The van der Waals surface area contributed by atoms with Crippen LogP contribution in [0.4, 0.5) is 0 Å². The highest BCUT2D eigenvalue weighted by atomic mass is 14.9. The lowest BCUT2D eigenvalue weighted by molar-refractivity contribution is 0.632. The molecule has 3 aromatic rings. The van der Waals surface area contributed by atoms with Crippen LogP contribution in [0.2, 0.25) is 0 Å². The first-order chi connectivity index (χ1) is 15.3. The van der Waals surface area contributed by atoms with E-state index in [2.05, 4.69) is 58.0 Å². The Morgan fingerprint density at radius 2 is 0.968 bits per heavy atom. The number of rotatable bonds is 13. The van der Waals surface area contributed by atoms with Crippen LogP contribution in [0, 0.1) is 0 Å². The first-order valence-electron chi connectivity index (χ1n) is 12.0. The van der Waals surface area contributed by atoms with E-state index in [0.29, 0.717) is 5.82 Å². The van der Waals surface area contributed by atoms with Gasteiger partial charge in [0, 0.05) is 30.4 Å². The van der Waals surface area contributed by atoms with Crippen molar-refractivity contribution in [3.63, 3.8) is 0 Å². The van der Waals surface area contributed by atoms with E-state index in [9.17, 15) is 0 Å². The summed E-state index contributed by atoms with van der Waals surface area (Å²) in [6.07, 6.45) is 21.3. The second kappa shape index (κ2) is 12.9. The lowest BCUT2D eigenvalue weighted by atomic mass is 10.0. The van der Waals surface area contributed by atoms with Crippen LogP contribution >= 0.6 is 0 Å². The zero-order chi connectivity index (χ0) is 21.7. The van der Waals surface area contributed by atoms with Crippen molar-refractivity contribution < 1.29 is 0 Å². The maximum Gasteiger partial charge on any atom is 0.162 e. The molecule has 0 aliphatic rings. The molecule has 0 saturated heterocycles. The van der Waals surface area contributed by atoms with Gasteiger partial charge in [0.2, 0.25) is 0 Å². The third kappa shape index (κ3) is 7.54. The minimum absolute atomic E-state index is 0.683. The van der Waals surface area contributed by atoms with Crippen LogP contribution in [-0.2, 0) is 12.8 Å². The summed E-state index contributed by atoms with van der Waals surface area (Å²) >= 11 is 0. The molecule has 4 heteroatoms. The molecule has 0 amide bonds. The maximum absolute atomic E-state index is 4.55. The van der Waals surface area contributed by atoms with E-state index in [1.165, 1.54) is 68.9 Å². The van der Waals surface area contributed by atoms with Gasteiger partial charge in [-0.1, -0.05) is 83.1 Å². The minimum Gasteiger partial charge on any atom is -0.236 e. The van der Waals surface area contributed by atoms with Crippen LogP contribution < -0.4 is 0 Å². The summed E-state index contributed by atoms with van der Waals surface area (Å²) in [5.41, 5.74) is 4.48. The average Bonchev–Trinajstić information content (AvgIpc) is 2.83. The largest absolute Gasteiger partial charge is 0.236 e. The van der Waals surface area contributed by atoms with Crippen molar-refractivity contribution in [3.8, 4) is 22.8 Å². The lowest BCUT2D eigenvalue weighted by Gasteiger charge is -2.05. The van der Waals surface area contributed by atoms with Crippen LogP contribution in [0.15, 0.2) is 49.1 Å². The topological polar surface area (TPSA) is 51.6 Å². The van der Waals surface area contributed by atoms with Crippen molar-refractivity contribution in [2.24, 2.45) is 0 Å². The van der Waals surface area contributed by atoms with Gasteiger partial charge in [-0.15, -0.1) is 0 Å². The van der Waals surface area contributed by atoms with E-state index in [1.807, 2.05) is 24.8 Å². The molecule has 31 heavy (non-hydrogen) atoms. The molecule has 0 bridgehead atoms. The third-order valence-electron chi connectivity index (χ3n) is 5.72. The standard InChI is InChI=1S/C27H36N4/c1-3-5-7-9-11-12-22-14-16-24(17-15-22)26-30-20-25(21-31-26)27-28-18-23(19-29-27)13-10-8-6-4-2/h14-21H,3-13H2,1-2H3. The molecule has 0 atom stereocenters. The van der Waals surface area contributed by atoms with Gasteiger partial charge in [-0.3, -0.25) is 0 Å². The molecule has 0 saturated carbocycles. The summed E-state index contributed by atoms with van der Waals surface area (Å²) in [7, 11) is 0. The molecular formula is C27H36N4. The van der Waals surface area contributed by atoms with Gasteiger partial charge in [0.05, 0.1) is 5.56 Å². The number of aryl methyl sites for hydroxylation is 2. The van der Waals surface area contributed by atoms with E-state index in [4.69, 9.17) is 0 Å². The molecule has 0 N–H and O–H groups in total. The Morgan fingerprint density at radius 3 is 1.58 bits per heavy atom. The molecular weight excluding hydrogens is 380 g/mol. The summed E-state index contributed by atoms with van der Waals surface area (Å²) in [5.74, 6) is 1.42. The number of hydrogen-bond donors (Lipinski definition) is 0. The highest BCUT2D eigenvalue weighted by Gasteiger charge is 2.06. The summed E-state index contributed by atoms with van der Waals surface area (Å²) in [4.78, 5) is 18.1. The van der Waals surface area contributed by atoms with Gasteiger partial charge < -0.3 is 0 Å². The fourth-order valence-corrected chi connectivity index (χ4v) is 3.73. The summed E-state index contributed by atoms with van der Waals surface area (Å²) in [6, 6.07) is 8.66. The van der Waals surface area contributed by atoms with Crippen LogP contribution in [0.1, 0.15) is 82.8 Å². The average molecular weight is 417 g/mol. The van der Waals surface area contributed by atoms with E-state index in [1.54, 1.807) is 0 Å². The molecule has 2 heterocycles. The molecule has 0 spiro atoms. The number of hydrogen-bond acceptors (Lipinski definition) is 4. The Morgan fingerprint density at radius 1 is 0.484 bits per heavy atom. The Balaban J connectivity index is 1.53. The summed E-state index contributed by atoms with van der Waals surface area (Å²) < 4.78 is 0. The Bertz CT molecular complexity index is 871. The number of unbranched alkanes of at least 4 members (excludes halogenated alkanes) is 7. The SMILES string of the molecule is CCCCCCCc1ccc(-c2ncc(-c3ncc(CCCCCC)cn3)cn2)cc1. The normalized spacial score (nSPS) is 11.0. The minimum atomic E-state index is 0.683. The molecule has 4 nitrogen and oxygen atoms in total. The molecule has 0 aliphatic carbocycles. The van der Waals surface area contributed by atoms with Gasteiger partial charge in [0.15, 0.2) is 11.6 Å². The molecule has 0 fully saturated rings. The van der Waals surface area contributed by atoms with E-state index in [-0.39, 0.29) is 0 Å². The summed E-state index contributed by atoms with van der Waals surface area (Å²) in [6.45, 7) is 4.49. The molecule has 164 valence electrons. The molecule has 3 rings (SSSR count). The van der Waals surface area contributed by atoms with Crippen molar-refractivity contribution in [2.45, 2.75) is 84.5 Å². The number of benzene rings is 1. The smallest absolute Gasteiger partial charge is 0.162 e. The third-order valence-corrected chi connectivity index (χ3v) is 5.72. The Kier molecular flexibility index (Phi) is 9.62. The van der Waals surface area contributed by atoms with Gasteiger partial charge in [0.25, 0.3) is 0 Å². The highest BCUT2D eigenvalue weighted by Crippen LogP contribution is 2.19. The van der Waals surface area contributed by atoms with Gasteiger partial charge >= 0.3 is 0 Å². The fourth-order valence-electron chi connectivity index (χ4n) is 3.73. The molecule has 0 unspecified atom stereocenters. The van der Waals surface area contributed by atoms with Crippen molar-refractivity contribution in [1.82, 2.24) is 19.9 Å². The molecule has 1 aromatic carbocycles. The number of aromatic nitrogens is 4. The molecule has 2 aromatic heterocycles. The molecule has 0 aliphatic heterocycles. The predicted molar refractivity (Wildman–Crippen MR) is 129 cm³/mol. The van der Waals surface area contributed by atoms with Crippen LogP contribution in [0.25, 0.3) is 22.8 Å². The second-order valence-electron chi connectivity index (χ2n) is 8.38. The zero-order valence-corrected chi connectivity index (χ0v) is 19.2. The van der Waals surface area contributed by atoms with Crippen molar-refractivity contribution in [3.05, 3.63) is 60.2 Å². The van der Waals surface area contributed by atoms with Crippen molar-refractivity contribution >= 4 is 0 Å². The Hall–Kier alpha value is -2.62. The van der Waals surface area contributed by atoms with E-state index in [0.717, 1.165) is 29.8 Å². The Labute approximate surface area is 187 Å². The van der Waals surface area contributed by atoms with Gasteiger partial charge in [-0.25, -0.2) is 19.9 Å². The lowest BCUT2D eigenvalue weighted by Crippen LogP contribution is -1.96. The van der Waals surface area contributed by atoms with Crippen LogP contribution in [0.5, 0.6) is 0 Å². The maximum atomic E-state index is 4.55. The highest BCUT2D eigenvalue weighted by molar-refractivity contribution is 5.58. The quantitative estimate of drug-likeness (QED) is 0.276. The monoisotopic (exact) mass is 416 g/mol. The molecule has 0 radical (unpaired) electrons. The van der Waals surface area contributed by atoms with E-state index < -0.39 is 0 Å². The summed E-state index contributed by atoms with van der Waals surface area (Å²) in [5, 5.41) is 0. The van der Waals surface area contributed by atoms with Gasteiger partial charge in [-0.2, -0.15) is 0 Å². The fraction of sp³-hybridized carbons (Fsp3) is 0.481. The second-order valence-corrected chi connectivity index (χ2v) is 8.38. The first kappa shape index (κ1) is 23.1. The number of nitrogens with zero attached hydrogens (tertiary/aromatic N) is 4. The van der Waals surface area contributed by atoms with Gasteiger partial charge in [-0.05, 0) is 36.8 Å². The van der Waals surface area contributed by atoms with Crippen molar-refractivity contribution in [1.29, 1.82) is 0 Å². The zero-order valence-electron chi connectivity index (χ0n) is 19.2. The van der Waals surface area contributed by atoms with Crippen molar-refractivity contribution in [2.75, 3.05) is 0 Å².